The summed E-state index contributed by atoms with van der Waals surface area (Å²) in [5, 5.41) is 21.5. The van der Waals surface area contributed by atoms with E-state index in [1.807, 2.05) is 0 Å². The molecule has 7 unspecified atom stereocenters. The summed E-state index contributed by atoms with van der Waals surface area (Å²) in [7, 11) is 0. The summed E-state index contributed by atoms with van der Waals surface area (Å²) in [6, 6.07) is 0.853. The molecular formula is C27H46ClNO2. The van der Waals surface area contributed by atoms with Crippen LogP contribution < -0.4 is 0 Å². The molecule has 6 fully saturated rings. The average Bonchev–Trinajstić information content (AvgIpc) is 3.09. The Morgan fingerprint density at radius 1 is 0.742 bits per heavy atom. The van der Waals surface area contributed by atoms with E-state index >= 15 is 0 Å². The summed E-state index contributed by atoms with van der Waals surface area (Å²) < 4.78 is 0. The maximum absolute atomic E-state index is 11.2. The maximum atomic E-state index is 11.2. The predicted octanol–water partition coefficient (Wildman–Crippen LogP) is 4.99. The van der Waals surface area contributed by atoms with Crippen molar-refractivity contribution in [2.24, 2.45) is 58.7 Å². The molecule has 31 heavy (non-hydrogen) atoms. The molecule has 6 aliphatic rings. The molecule has 2 heterocycles. The predicted molar refractivity (Wildman–Crippen MR) is 127 cm³/mol. The Morgan fingerprint density at radius 2 is 1.52 bits per heavy atom. The Kier molecular flexibility index (Phi) is 6.02. The second-order valence-corrected chi connectivity index (χ2v) is 13.1. The van der Waals surface area contributed by atoms with Crippen molar-refractivity contribution < 1.29 is 10.2 Å². The molecule has 2 N–H and O–H groups in total. The Hall–Kier alpha value is 0.170. The Balaban J connectivity index is 0.00000204. The molecule has 178 valence electrons. The van der Waals surface area contributed by atoms with Crippen molar-refractivity contribution in [3.63, 3.8) is 0 Å². The first-order valence-electron chi connectivity index (χ1n) is 13.5. The van der Waals surface area contributed by atoms with Crippen LogP contribution in [0.1, 0.15) is 78.6 Å². The van der Waals surface area contributed by atoms with Crippen molar-refractivity contribution in [3.8, 4) is 0 Å². The number of hydrogen-bond donors (Lipinski definition) is 2. The van der Waals surface area contributed by atoms with Gasteiger partial charge in [-0.1, -0.05) is 20.8 Å². The molecule has 2 saturated heterocycles. The molecule has 0 spiro atoms. The van der Waals surface area contributed by atoms with Gasteiger partial charge in [0.05, 0.1) is 12.2 Å². The number of rotatable bonds is 0. The van der Waals surface area contributed by atoms with Crippen molar-refractivity contribution in [1.82, 2.24) is 4.90 Å². The van der Waals surface area contributed by atoms with Crippen molar-refractivity contribution in [2.75, 3.05) is 13.1 Å². The van der Waals surface area contributed by atoms with Gasteiger partial charge in [0, 0.05) is 19.1 Å². The van der Waals surface area contributed by atoms with Crippen LogP contribution in [0.2, 0.25) is 0 Å². The second-order valence-electron chi connectivity index (χ2n) is 13.1. The molecule has 6 rings (SSSR count). The number of fused-ring (bicyclic) bond motifs is 8. The fourth-order valence-corrected chi connectivity index (χ4v) is 10.6. The molecule has 4 saturated carbocycles. The first kappa shape index (κ1) is 22.9. The minimum atomic E-state index is -0.181. The van der Waals surface area contributed by atoms with Gasteiger partial charge in [-0.2, -0.15) is 0 Å². The number of hydrogen-bond acceptors (Lipinski definition) is 3. The number of halogens is 1. The molecule has 4 aliphatic carbocycles. The van der Waals surface area contributed by atoms with E-state index in [9.17, 15) is 10.2 Å². The highest BCUT2D eigenvalue weighted by Crippen LogP contribution is 2.67. The van der Waals surface area contributed by atoms with Crippen LogP contribution in [0.5, 0.6) is 0 Å². The highest BCUT2D eigenvalue weighted by atomic mass is 35.5. The molecule has 0 radical (unpaired) electrons. The van der Waals surface area contributed by atoms with Crippen LogP contribution in [0, 0.1) is 58.7 Å². The third kappa shape index (κ3) is 3.38. The fraction of sp³-hybridized carbons (Fsp3) is 1.00. The van der Waals surface area contributed by atoms with Gasteiger partial charge in [-0.3, -0.25) is 4.90 Å². The van der Waals surface area contributed by atoms with Crippen LogP contribution in [-0.4, -0.2) is 46.5 Å². The average molecular weight is 452 g/mol. The van der Waals surface area contributed by atoms with Gasteiger partial charge in [-0.25, -0.2) is 0 Å². The highest BCUT2D eigenvalue weighted by Gasteiger charge is 2.62. The van der Waals surface area contributed by atoms with Crippen molar-refractivity contribution >= 4 is 12.4 Å². The van der Waals surface area contributed by atoms with Crippen LogP contribution in [0.3, 0.4) is 0 Å². The minimum Gasteiger partial charge on any atom is -0.393 e. The molecule has 0 aromatic carbocycles. The maximum Gasteiger partial charge on any atom is 0.0577 e. The number of nitrogens with zero attached hydrogens (tertiary/aromatic N) is 1. The van der Waals surface area contributed by atoms with Crippen LogP contribution in [0.25, 0.3) is 0 Å². The lowest BCUT2D eigenvalue weighted by molar-refractivity contribution is -0.130. The summed E-state index contributed by atoms with van der Waals surface area (Å²) in [5.41, 5.74) is 0.261. The van der Waals surface area contributed by atoms with E-state index in [0.717, 1.165) is 79.1 Å². The first-order chi connectivity index (χ1) is 14.4. The number of aliphatic hydroxyl groups is 2. The third-order valence-corrected chi connectivity index (χ3v) is 12.0. The van der Waals surface area contributed by atoms with Gasteiger partial charge in [0.25, 0.3) is 0 Å². The zero-order valence-electron chi connectivity index (χ0n) is 20.0. The third-order valence-electron chi connectivity index (χ3n) is 12.0. The molecule has 0 aromatic heterocycles. The normalized spacial score (nSPS) is 58.7. The van der Waals surface area contributed by atoms with Crippen LogP contribution in [-0.2, 0) is 0 Å². The van der Waals surface area contributed by atoms with E-state index in [4.69, 9.17) is 0 Å². The van der Waals surface area contributed by atoms with Gasteiger partial charge in [-0.15, -0.1) is 12.4 Å². The summed E-state index contributed by atoms with van der Waals surface area (Å²) >= 11 is 0. The molecule has 13 atom stereocenters. The van der Waals surface area contributed by atoms with Crippen molar-refractivity contribution in [3.05, 3.63) is 0 Å². The monoisotopic (exact) mass is 451 g/mol. The van der Waals surface area contributed by atoms with Gasteiger partial charge >= 0.3 is 0 Å². The topological polar surface area (TPSA) is 43.7 Å². The first-order valence-corrected chi connectivity index (χ1v) is 13.5. The quantitative estimate of drug-likeness (QED) is 0.545. The van der Waals surface area contributed by atoms with E-state index in [1.165, 1.54) is 45.2 Å². The molecule has 2 aliphatic heterocycles. The Bertz CT molecular complexity index is 672. The summed E-state index contributed by atoms with van der Waals surface area (Å²) in [5.74, 6) is 7.22. The van der Waals surface area contributed by atoms with E-state index in [2.05, 4.69) is 25.7 Å². The van der Waals surface area contributed by atoms with Crippen LogP contribution in [0.15, 0.2) is 0 Å². The van der Waals surface area contributed by atoms with E-state index in [1.54, 1.807) is 0 Å². The lowest BCUT2D eigenvalue weighted by Gasteiger charge is -2.56. The molecule has 3 nitrogen and oxygen atoms in total. The zero-order valence-corrected chi connectivity index (χ0v) is 20.8. The zero-order chi connectivity index (χ0) is 20.8. The van der Waals surface area contributed by atoms with E-state index in [0.29, 0.717) is 5.92 Å². The molecule has 0 aromatic rings. The lowest BCUT2D eigenvalue weighted by atomic mass is 9.51. The van der Waals surface area contributed by atoms with Gasteiger partial charge in [-0.05, 0) is 116 Å². The van der Waals surface area contributed by atoms with Gasteiger partial charge in [0.1, 0.15) is 0 Å². The number of piperidine rings is 2. The fourth-order valence-electron chi connectivity index (χ4n) is 10.6. The molecular weight excluding hydrogens is 406 g/mol. The van der Waals surface area contributed by atoms with Gasteiger partial charge in [0.2, 0.25) is 0 Å². The Labute approximate surface area is 196 Å². The summed E-state index contributed by atoms with van der Waals surface area (Å²) in [6.45, 7) is 10.3. The number of aliphatic hydroxyl groups excluding tert-OH is 2. The standard InChI is InChI=1S/C27H45NO2.ClH/c1-15-4-7-25-16(2)18-5-6-19-20(22(18)14-28(25)13-15)11-23-21(19)12-26(30)24-10-17(29)8-9-27(23,24)3;/h15-26,29-30H,4-14H2,1-3H3;1H/t15-,16-,17+,18?,19?,20?,21?,22?,23?,24-,25?,26+,27-;/m1./s1. The van der Waals surface area contributed by atoms with Crippen molar-refractivity contribution in [1.29, 1.82) is 0 Å². The summed E-state index contributed by atoms with van der Waals surface area (Å²) in [4.78, 5) is 2.92. The largest absolute Gasteiger partial charge is 0.393 e. The van der Waals surface area contributed by atoms with Gasteiger partial charge < -0.3 is 10.2 Å². The summed E-state index contributed by atoms with van der Waals surface area (Å²) in [6.07, 6.45) is 10.7. The molecule has 4 heteroatoms. The van der Waals surface area contributed by atoms with Crippen LogP contribution >= 0.6 is 12.4 Å². The SMILES string of the molecule is C[C@@H]1CCC2[C@H](C)C3CCC4C(CC5C4C[C@H](O)[C@H]4C[C@@H](O)CC[C@]54C)C3CN2C1.Cl. The van der Waals surface area contributed by atoms with Gasteiger partial charge in [0.15, 0.2) is 0 Å². The second kappa shape index (κ2) is 8.14. The molecule has 0 bridgehead atoms. The molecule has 0 amide bonds. The highest BCUT2D eigenvalue weighted by molar-refractivity contribution is 5.85. The van der Waals surface area contributed by atoms with Crippen molar-refractivity contribution in [2.45, 2.75) is 96.8 Å². The van der Waals surface area contributed by atoms with E-state index < -0.39 is 0 Å². The smallest absolute Gasteiger partial charge is 0.0577 e. The van der Waals surface area contributed by atoms with Crippen LogP contribution in [0.4, 0.5) is 0 Å². The lowest BCUT2D eigenvalue weighted by Crippen LogP contribution is -2.58. The van der Waals surface area contributed by atoms with E-state index in [-0.39, 0.29) is 30.0 Å². The minimum absolute atomic E-state index is 0. The Morgan fingerprint density at radius 3 is 2.32 bits per heavy atom.